The predicted molar refractivity (Wildman–Crippen MR) is 81.2 cm³/mol. The van der Waals surface area contributed by atoms with Gasteiger partial charge >= 0.3 is 10.3 Å². The maximum atomic E-state index is 11.4. The van der Waals surface area contributed by atoms with Crippen molar-refractivity contribution in [1.29, 1.82) is 10.8 Å². The average Bonchev–Trinajstić information content (AvgIpc) is 2.86. The molecule has 3 aliphatic heterocycles. The highest BCUT2D eigenvalue weighted by Crippen LogP contribution is 2.49. The summed E-state index contributed by atoms with van der Waals surface area (Å²) < 4.78 is 27.8. The number of hydrogen-bond acceptors (Lipinski definition) is 7. The minimum atomic E-state index is -4.26. The molecule has 3 saturated heterocycles. The van der Waals surface area contributed by atoms with Crippen molar-refractivity contribution in [2.24, 2.45) is 11.1 Å². The van der Waals surface area contributed by atoms with E-state index < -0.39 is 46.1 Å². The predicted octanol–water partition coefficient (Wildman–Crippen LogP) is -2.89. The van der Waals surface area contributed by atoms with Crippen molar-refractivity contribution >= 4 is 22.2 Å². The number of hydrogen-bond donors (Lipinski definition) is 7. The van der Waals surface area contributed by atoms with E-state index in [9.17, 15) is 18.7 Å². The van der Waals surface area contributed by atoms with Crippen molar-refractivity contribution < 1.29 is 22.9 Å². The molecular formula is C11H21N7O5S. The quantitative estimate of drug-likeness (QED) is 0.276. The van der Waals surface area contributed by atoms with Gasteiger partial charge < -0.3 is 20.6 Å². The van der Waals surface area contributed by atoms with Crippen LogP contribution in [0.5, 0.6) is 0 Å². The van der Waals surface area contributed by atoms with Crippen molar-refractivity contribution in [3.8, 4) is 0 Å². The lowest BCUT2D eigenvalue weighted by Crippen LogP contribution is -2.76. The minimum Gasteiger partial charge on any atom is -0.394 e. The fraction of sp³-hybridized carbons (Fsp3) is 0.818. The van der Waals surface area contributed by atoms with Crippen LogP contribution in [0.2, 0.25) is 0 Å². The van der Waals surface area contributed by atoms with Gasteiger partial charge in [-0.25, -0.2) is 5.14 Å². The first-order valence-electron chi connectivity index (χ1n) is 7.36. The molecule has 0 bridgehead atoms. The molecule has 24 heavy (non-hydrogen) atoms. The van der Waals surface area contributed by atoms with E-state index in [4.69, 9.17) is 20.1 Å². The van der Waals surface area contributed by atoms with Gasteiger partial charge in [-0.05, 0) is 6.92 Å². The van der Waals surface area contributed by atoms with Gasteiger partial charge in [-0.2, -0.15) is 13.5 Å². The highest BCUT2D eigenvalue weighted by molar-refractivity contribution is 7.84. The summed E-state index contributed by atoms with van der Waals surface area (Å²) in [7, 11) is -4.26. The molecule has 0 aromatic rings. The molecule has 0 saturated carbocycles. The van der Waals surface area contributed by atoms with E-state index in [0.717, 1.165) is 0 Å². The lowest BCUT2D eigenvalue weighted by atomic mass is 9.82. The van der Waals surface area contributed by atoms with Crippen LogP contribution in [0.15, 0.2) is 0 Å². The van der Waals surface area contributed by atoms with Gasteiger partial charge in [0.05, 0.1) is 24.7 Å². The van der Waals surface area contributed by atoms with Crippen molar-refractivity contribution in [2.75, 3.05) is 6.61 Å². The topological polar surface area (TPSA) is 188 Å². The number of guanidine groups is 2. The molecule has 0 radical (unpaired) electrons. The number of rotatable bonds is 3. The molecule has 13 heteroatoms. The third-order valence-electron chi connectivity index (χ3n) is 5.14. The maximum absolute atomic E-state index is 11.4. The summed E-state index contributed by atoms with van der Waals surface area (Å²) in [6, 6.07) is -1.97. The van der Waals surface area contributed by atoms with Gasteiger partial charge in [0.25, 0.3) is 0 Å². The van der Waals surface area contributed by atoms with Gasteiger partial charge in [0.2, 0.25) is 5.96 Å². The molecule has 3 unspecified atom stereocenters. The summed E-state index contributed by atoms with van der Waals surface area (Å²) in [6.07, 6.45) is -0.954. The molecular weight excluding hydrogens is 342 g/mol. The van der Waals surface area contributed by atoms with E-state index in [-0.39, 0.29) is 18.5 Å². The molecule has 1 spiro atoms. The van der Waals surface area contributed by atoms with Crippen LogP contribution in [-0.4, -0.2) is 77.1 Å². The van der Waals surface area contributed by atoms with Crippen molar-refractivity contribution in [3.63, 3.8) is 0 Å². The van der Waals surface area contributed by atoms with Crippen molar-refractivity contribution in [3.05, 3.63) is 0 Å². The van der Waals surface area contributed by atoms with Crippen molar-refractivity contribution in [2.45, 2.75) is 43.7 Å². The first-order chi connectivity index (χ1) is 11.1. The van der Waals surface area contributed by atoms with Gasteiger partial charge in [0.15, 0.2) is 11.6 Å². The van der Waals surface area contributed by atoms with E-state index >= 15 is 0 Å². The summed E-state index contributed by atoms with van der Waals surface area (Å²) in [5.74, 6) is -1.08. The zero-order valence-electron chi connectivity index (χ0n) is 13.1. The Kier molecular flexibility index (Phi) is 3.69. The van der Waals surface area contributed by atoms with E-state index in [1.54, 1.807) is 13.8 Å². The second kappa shape index (κ2) is 5.16. The van der Waals surface area contributed by atoms with E-state index in [1.165, 1.54) is 4.90 Å². The zero-order chi connectivity index (χ0) is 18.0. The second-order valence-corrected chi connectivity index (χ2v) is 7.48. The Labute approximate surface area is 138 Å². The molecule has 0 aromatic heterocycles. The number of nitrogens with one attached hydrogen (secondary N) is 4. The minimum absolute atomic E-state index is 0.110. The number of hydroxylamine groups is 2. The van der Waals surface area contributed by atoms with Crippen LogP contribution in [0, 0.1) is 16.7 Å². The normalized spacial score (nSPS) is 41.8. The van der Waals surface area contributed by atoms with Gasteiger partial charge in [-0.1, -0.05) is 6.92 Å². The van der Waals surface area contributed by atoms with E-state index in [0.29, 0.717) is 5.06 Å². The Morgan fingerprint density at radius 1 is 1.33 bits per heavy atom. The summed E-state index contributed by atoms with van der Waals surface area (Å²) in [5.41, 5.74) is -1.36. The summed E-state index contributed by atoms with van der Waals surface area (Å²) >= 11 is 0. The number of nitrogens with zero attached hydrogens (tertiary/aromatic N) is 2. The number of nitrogens with two attached hydrogens (primary N) is 1. The molecule has 6 atom stereocenters. The molecule has 0 amide bonds. The summed E-state index contributed by atoms with van der Waals surface area (Å²) in [5, 5.41) is 47.6. The third kappa shape index (κ3) is 2.02. The Balaban J connectivity index is 2.14. The monoisotopic (exact) mass is 363 g/mol. The molecule has 0 aromatic carbocycles. The molecule has 8 N–H and O–H groups in total. The van der Waals surface area contributed by atoms with Crippen molar-refractivity contribution in [1.82, 2.24) is 20.6 Å². The third-order valence-corrected chi connectivity index (χ3v) is 5.63. The number of aliphatic hydroxyl groups excluding tert-OH is 1. The molecule has 3 heterocycles. The largest absolute Gasteiger partial charge is 0.394 e. The smallest absolute Gasteiger partial charge is 0.333 e. The van der Waals surface area contributed by atoms with Gasteiger partial charge in [0.1, 0.15) is 6.10 Å². The first kappa shape index (κ1) is 17.2. The SMILES string of the molecule is CC1[C@@H](OS(N)(=O)=O)[C@H](C)N2C(=N)N[C@@H](CO)C3NC(=N)N(O)C312. The standard InChI is InChI=1S/C11H21N7O5S/c1-4-7(23-24(14,21)22)5(2)17-9(12)15-6(3-19)8-11(4,17)18(20)10(13)16-8/h4-8,19-20H,3H2,1-2H3,(H2,12,15)(H2,13,16)(H2,14,21,22)/t4?,5-,6-,7+,8?,11?/m0/s1. The van der Waals surface area contributed by atoms with Crippen LogP contribution in [0.3, 0.4) is 0 Å². The van der Waals surface area contributed by atoms with Crippen LogP contribution in [0.25, 0.3) is 0 Å². The zero-order valence-corrected chi connectivity index (χ0v) is 13.9. The average molecular weight is 363 g/mol. The van der Waals surface area contributed by atoms with Gasteiger partial charge in [-0.15, -0.1) is 0 Å². The fourth-order valence-electron chi connectivity index (χ4n) is 4.28. The molecule has 3 rings (SSSR count). The number of aliphatic hydroxyl groups is 1. The highest BCUT2D eigenvalue weighted by Gasteiger charge is 2.71. The second-order valence-electron chi connectivity index (χ2n) is 6.30. The Bertz CT molecular complexity index is 686. The van der Waals surface area contributed by atoms with Crippen LogP contribution >= 0.6 is 0 Å². The van der Waals surface area contributed by atoms with Crippen LogP contribution < -0.4 is 15.8 Å². The molecule has 3 aliphatic rings. The van der Waals surface area contributed by atoms with E-state index in [1.807, 2.05) is 0 Å². The van der Waals surface area contributed by atoms with E-state index in [2.05, 4.69) is 10.6 Å². The first-order valence-corrected chi connectivity index (χ1v) is 8.83. The van der Waals surface area contributed by atoms with Gasteiger partial charge in [-0.3, -0.25) is 20.2 Å². The Morgan fingerprint density at radius 3 is 2.50 bits per heavy atom. The summed E-state index contributed by atoms with van der Waals surface area (Å²) in [6.45, 7) is 2.94. The molecule has 136 valence electrons. The van der Waals surface area contributed by atoms with Crippen LogP contribution in [-0.2, 0) is 14.5 Å². The van der Waals surface area contributed by atoms with Crippen LogP contribution in [0.1, 0.15) is 13.8 Å². The summed E-state index contributed by atoms with van der Waals surface area (Å²) in [4.78, 5) is 1.46. The molecule has 12 nitrogen and oxygen atoms in total. The Morgan fingerprint density at radius 2 is 1.96 bits per heavy atom. The molecule has 0 aliphatic carbocycles. The Hall–Kier alpha value is -1.67. The lowest BCUT2D eigenvalue weighted by Gasteiger charge is -2.52. The lowest BCUT2D eigenvalue weighted by molar-refractivity contribution is -0.172. The fourth-order valence-corrected chi connectivity index (χ4v) is 4.92. The highest BCUT2D eigenvalue weighted by atomic mass is 32.2. The maximum Gasteiger partial charge on any atom is 0.333 e. The molecule has 3 fully saturated rings. The van der Waals surface area contributed by atoms with Crippen LogP contribution in [0.4, 0.5) is 0 Å². The van der Waals surface area contributed by atoms with Gasteiger partial charge in [0, 0.05) is 5.92 Å².